The predicted octanol–water partition coefficient (Wildman–Crippen LogP) is 5.25. The average Bonchev–Trinajstić information content (AvgIpc) is 2.87. The van der Waals surface area contributed by atoms with Crippen molar-refractivity contribution < 1.29 is 14.3 Å². The lowest BCUT2D eigenvalue weighted by Crippen LogP contribution is -2.41. The molecule has 1 atom stereocenters. The van der Waals surface area contributed by atoms with Crippen molar-refractivity contribution in [1.29, 1.82) is 0 Å². The van der Waals surface area contributed by atoms with E-state index in [1.54, 1.807) is 46.9 Å². The SMILES string of the molecule is CCCCCCN(C(=O)COc1ccc(Cl)cc1)C(C)c1nc2ccccc2c(=O)n1CCOC. The summed E-state index contributed by atoms with van der Waals surface area (Å²) in [7, 11) is 1.60. The molecule has 1 unspecified atom stereocenters. The van der Waals surface area contributed by atoms with Gasteiger partial charge in [-0.25, -0.2) is 4.98 Å². The zero-order valence-corrected chi connectivity index (χ0v) is 21.5. The van der Waals surface area contributed by atoms with Crippen LogP contribution in [0.3, 0.4) is 0 Å². The highest BCUT2D eigenvalue weighted by atomic mass is 35.5. The molecular formula is C27H34ClN3O4. The zero-order valence-electron chi connectivity index (χ0n) is 20.7. The van der Waals surface area contributed by atoms with Crippen LogP contribution in [0, 0.1) is 0 Å². The van der Waals surface area contributed by atoms with Crippen LogP contribution >= 0.6 is 11.6 Å². The summed E-state index contributed by atoms with van der Waals surface area (Å²) in [5, 5.41) is 1.15. The van der Waals surface area contributed by atoms with Gasteiger partial charge in [0.1, 0.15) is 11.6 Å². The van der Waals surface area contributed by atoms with Gasteiger partial charge in [-0.1, -0.05) is 49.9 Å². The smallest absolute Gasteiger partial charge is 0.261 e. The zero-order chi connectivity index (χ0) is 25.2. The molecular weight excluding hydrogens is 466 g/mol. The van der Waals surface area contributed by atoms with E-state index >= 15 is 0 Å². The Kier molecular flexibility index (Phi) is 10.1. The minimum absolute atomic E-state index is 0.115. The van der Waals surface area contributed by atoms with Crippen molar-refractivity contribution in [2.45, 2.75) is 52.1 Å². The van der Waals surface area contributed by atoms with E-state index in [1.807, 2.05) is 25.1 Å². The predicted molar refractivity (Wildman–Crippen MR) is 139 cm³/mol. The Morgan fingerprint density at radius 3 is 2.57 bits per heavy atom. The number of fused-ring (bicyclic) bond motifs is 1. The fourth-order valence-electron chi connectivity index (χ4n) is 4.04. The Morgan fingerprint density at radius 2 is 1.86 bits per heavy atom. The van der Waals surface area contributed by atoms with Gasteiger partial charge in [0.15, 0.2) is 6.61 Å². The molecule has 2 aromatic carbocycles. The molecule has 0 spiro atoms. The van der Waals surface area contributed by atoms with Gasteiger partial charge >= 0.3 is 0 Å². The van der Waals surface area contributed by atoms with Gasteiger partial charge < -0.3 is 14.4 Å². The van der Waals surface area contributed by atoms with Crippen molar-refractivity contribution in [2.24, 2.45) is 0 Å². The van der Waals surface area contributed by atoms with E-state index < -0.39 is 6.04 Å². The quantitative estimate of drug-likeness (QED) is 0.300. The number of hydrogen-bond donors (Lipinski definition) is 0. The number of amides is 1. The molecule has 7 nitrogen and oxygen atoms in total. The monoisotopic (exact) mass is 499 g/mol. The number of carbonyl (C=O) groups excluding carboxylic acids is 1. The average molecular weight is 500 g/mol. The number of aromatic nitrogens is 2. The largest absolute Gasteiger partial charge is 0.484 e. The maximum Gasteiger partial charge on any atom is 0.261 e. The summed E-state index contributed by atoms with van der Waals surface area (Å²) in [5.74, 6) is 0.952. The Labute approximate surface area is 211 Å². The Hall–Kier alpha value is -2.90. The van der Waals surface area contributed by atoms with Crippen LogP contribution in [0.25, 0.3) is 10.9 Å². The van der Waals surface area contributed by atoms with E-state index in [0.717, 1.165) is 25.7 Å². The lowest BCUT2D eigenvalue weighted by atomic mass is 10.1. The summed E-state index contributed by atoms with van der Waals surface area (Å²) >= 11 is 5.95. The van der Waals surface area contributed by atoms with E-state index in [0.29, 0.717) is 47.2 Å². The van der Waals surface area contributed by atoms with E-state index in [2.05, 4.69) is 6.92 Å². The first-order chi connectivity index (χ1) is 17.0. The number of carbonyl (C=O) groups is 1. The van der Waals surface area contributed by atoms with Crippen LogP contribution in [0.15, 0.2) is 53.3 Å². The van der Waals surface area contributed by atoms with Crippen LogP contribution < -0.4 is 10.3 Å². The fraction of sp³-hybridized carbons (Fsp3) is 0.444. The van der Waals surface area contributed by atoms with Gasteiger partial charge in [0, 0.05) is 18.7 Å². The van der Waals surface area contributed by atoms with Crippen molar-refractivity contribution in [3.05, 3.63) is 69.7 Å². The maximum atomic E-state index is 13.4. The summed E-state index contributed by atoms with van der Waals surface area (Å²) in [6, 6.07) is 13.8. The molecule has 0 bridgehead atoms. The summed E-state index contributed by atoms with van der Waals surface area (Å²) in [6.07, 6.45) is 4.09. The first-order valence-electron chi connectivity index (χ1n) is 12.1. The highest BCUT2D eigenvalue weighted by Gasteiger charge is 2.26. The number of rotatable bonds is 13. The number of hydrogen-bond acceptors (Lipinski definition) is 5. The molecule has 35 heavy (non-hydrogen) atoms. The fourth-order valence-corrected chi connectivity index (χ4v) is 4.17. The number of para-hydroxylation sites is 1. The molecule has 1 aromatic heterocycles. The number of unbranched alkanes of at least 4 members (excludes halogenated alkanes) is 3. The summed E-state index contributed by atoms with van der Waals surface area (Å²) in [4.78, 5) is 33.3. The first kappa shape index (κ1) is 26.7. The van der Waals surface area contributed by atoms with Crippen molar-refractivity contribution in [2.75, 3.05) is 26.9 Å². The number of methoxy groups -OCH3 is 1. The second-order valence-corrected chi connectivity index (χ2v) is 8.94. The molecule has 0 fully saturated rings. The van der Waals surface area contributed by atoms with Crippen LogP contribution in [-0.2, 0) is 16.1 Å². The molecule has 0 aliphatic carbocycles. The standard InChI is InChI=1S/C27H34ClN3O4/c1-4-5-6-9-16-30(25(32)19-35-22-14-12-21(28)13-15-22)20(2)26-29-24-11-8-7-10-23(24)27(33)31(26)17-18-34-3/h7-8,10-15,20H,4-6,9,16-19H2,1-3H3. The molecule has 0 saturated heterocycles. The van der Waals surface area contributed by atoms with E-state index in [9.17, 15) is 9.59 Å². The Balaban J connectivity index is 1.91. The molecule has 0 N–H and O–H groups in total. The Morgan fingerprint density at radius 1 is 1.11 bits per heavy atom. The molecule has 8 heteroatoms. The topological polar surface area (TPSA) is 73.7 Å². The molecule has 0 saturated carbocycles. The molecule has 0 radical (unpaired) electrons. The maximum absolute atomic E-state index is 13.4. The summed E-state index contributed by atoms with van der Waals surface area (Å²) < 4.78 is 12.6. The van der Waals surface area contributed by atoms with Crippen LogP contribution in [-0.4, -0.2) is 47.2 Å². The van der Waals surface area contributed by atoms with Crippen LogP contribution in [0.4, 0.5) is 0 Å². The van der Waals surface area contributed by atoms with Crippen molar-refractivity contribution in [3.63, 3.8) is 0 Å². The van der Waals surface area contributed by atoms with Gasteiger partial charge in [-0.05, 0) is 49.7 Å². The highest BCUT2D eigenvalue weighted by molar-refractivity contribution is 6.30. The lowest BCUT2D eigenvalue weighted by Gasteiger charge is -2.30. The lowest BCUT2D eigenvalue weighted by molar-refractivity contribution is -0.135. The van der Waals surface area contributed by atoms with Crippen LogP contribution in [0.2, 0.25) is 5.02 Å². The third kappa shape index (κ3) is 7.05. The molecule has 0 aliphatic heterocycles. The molecule has 3 aromatic rings. The number of ether oxygens (including phenoxy) is 2. The molecule has 1 amide bonds. The van der Waals surface area contributed by atoms with Gasteiger partial charge in [0.05, 0.1) is 30.1 Å². The summed E-state index contributed by atoms with van der Waals surface area (Å²) in [5.41, 5.74) is 0.481. The summed E-state index contributed by atoms with van der Waals surface area (Å²) in [6.45, 7) is 5.22. The van der Waals surface area contributed by atoms with Gasteiger partial charge in [-0.2, -0.15) is 0 Å². The minimum Gasteiger partial charge on any atom is -0.484 e. The number of benzene rings is 2. The van der Waals surface area contributed by atoms with E-state index in [1.165, 1.54) is 0 Å². The number of nitrogens with zero attached hydrogens (tertiary/aromatic N) is 3. The van der Waals surface area contributed by atoms with Crippen molar-refractivity contribution in [3.8, 4) is 5.75 Å². The van der Waals surface area contributed by atoms with Crippen molar-refractivity contribution >= 4 is 28.4 Å². The Bertz CT molecular complexity index is 1160. The molecule has 0 aliphatic rings. The number of halogens is 1. The molecule has 188 valence electrons. The van der Waals surface area contributed by atoms with Crippen LogP contribution in [0.1, 0.15) is 51.4 Å². The second-order valence-electron chi connectivity index (χ2n) is 8.50. The highest BCUT2D eigenvalue weighted by Crippen LogP contribution is 2.22. The van der Waals surface area contributed by atoms with Crippen LogP contribution in [0.5, 0.6) is 5.75 Å². The van der Waals surface area contributed by atoms with Gasteiger partial charge in [-0.3, -0.25) is 14.2 Å². The minimum atomic E-state index is -0.424. The normalized spacial score (nSPS) is 12.0. The van der Waals surface area contributed by atoms with Crippen molar-refractivity contribution in [1.82, 2.24) is 14.5 Å². The van der Waals surface area contributed by atoms with E-state index in [4.69, 9.17) is 26.1 Å². The van der Waals surface area contributed by atoms with Gasteiger partial charge in [-0.15, -0.1) is 0 Å². The van der Waals surface area contributed by atoms with Gasteiger partial charge in [0.25, 0.3) is 11.5 Å². The first-order valence-corrected chi connectivity index (χ1v) is 12.5. The molecule has 1 heterocycles. The second kappa shape index (κ2) is 13.3. The third-order valence-corrected chi connectivity index (χ3v) is 6.25. The third-order valence-electron chi connectivity index (χ3n) is 6.00. The van der Waals surface area contributed by atoms with Gasteiger partial charge in [0.2, 0.25) is 0 Å². The van der Waals surface area contributed by atoms with E-state index in [-0.39, 0.29) is 18.1 Å². The molecule has 3 rings (SSSR count).